The van der Waals surface area contributed by atoms with Crippen LogP contribution >= 0.6 is 0 Å². The number of ether oxygens (including phenoxy) is 1. The summed E-state index contributed by atoms with van der Waals surface area (Å²) in [6.07, 6.45) is 2.44. The van der Waals surface area contributed by atoms with Crippen molar-refractivity contribution in [2.75, 3.05) is 32.5 Å². The minimum Gasteiger partial charge on any atom is -0.493 e. The average Bonchev–Trinajstić information content (AvgIpc) is 2.98. The molecule has 1 N–H and O–H groups in total. The molecule has 23 heavy (non-hydrogen) atoms. The molecule has 1 aromatic carbocycles. The molecule has 0 bridgehead atoms. The molecule has 128 valence electrons. The van der Waals surface area contributed by atoms with Crippen LogP contribution < -0.4 is 10.1 Å². The fourth-order valence-corrected chi connectivity index (χ4v) is 3.53. The molecule has 1 aliphatic heterocycles. The Morgan fingerprint density at radius 2 is 2.13 bits per heavy atom. The van der Waals surface area contributed by atoms with Gasteiger partial charge in [0.1, 0.15) is 5.75 Å². The molecule has 2 amide bonds. The van der Waals surface area contributed by atoms with Gasteiger partial charge in [-0.05, 0) is 31.4 Å². The Kier molecular flexibility index (Phi) is 5.87. The fraction of sp³-hybridized carbons (Fsp3) is 0.562. The van der Waals surface area contributed by atoms with Gasteiger partial charge in [0.15, 0.2) is 9.84 Å². The van der Waals surface area contributed by atoms with Crippen LogP contribution in [0.15, 0.2) is 24.3 Å². The topological polar surface area (TPSA) is 75.7 Å². The highest BCUT2D eigenvalue weighted by Gasteiger charge is 2.32. The van der Waals surface area contributed by atoms with Crippen molar-refractivity contribution in [2.45, 2.75) is 25.0 Å². The van der Waals surface area contributed by atoms with Crippen LogP contribution in [0.2, 0.25) is 0 Å². The highest BCUT2D eigenvalue weighted by Crippen LogP contribution is 2.17. The predicted molar refractivity (Wildman–Crippen MR) is 89.5 cm³/mol. The summed E-state index contributed by atoms with van der Waals surface area (Å²) in [5.41, 5.74) is 1.08. The van der Waals surface area contributed by atoms with Crippen molar-refractivity contribution in [3.05, 3.63) is 29.8 Å². The summed E-state index contributed by atoms with van der Waals surface area (Å²) < 4.78 is 28.6. The van der Waals surface area contributed by atoms with E-state index < -0.39 is 15.1 Å². The van der Waals surface area contributed by atoms with E-state index in [1.54, 1.807) is 4.90 Å². The molecular formula is C16H24N2O4S. The van der Waals surface area contributed by atoms with Gasteiger partial charge in [-0.15, -0.1) is 0 Å². The van der Waals surface area contributed by atoms with Crippen molar-refractivity contribution < 1.29 is 17.9 Å². The summed E-state index contributed by atoms with van der Waals surface area (Å²) in [4.78, 5) is 13.5. The first-order valence-electron chi connectivity index (χ1n) is 7.78. The van der Waals surface area contributed by atoms with Crippen molar-refractivity contribution >= 4 is 15.9 Å². The van der Waals surface area contributed by atoms with Gasteiger partial charge in [-0.3, -0.25) is 0 Å². The number of para-hydroxylation sites is 1. The lowest BCUT2D eigenvalue weighted by atomic mass is 10.2. The molecule has 0 saturated carbocycles. The van der Waals surface area contributed by atoms with Crippen molar-refractivity contribution in [2.24, 2.45) is 0 Å². The van der Waals surface area contributed by atoms with Crippen LogP contribution in [0.1, 0.15) is 18.4 Å². The van der Waals surface area contributed by atoms with Crippen molar-refractivity contribution in [1.29, 1.82) is 0 Å². The summed E-state index contributed by atoms with van der Waals surface area (Å²) in [5, 5.41) is 2.38. The van der Waals surface area contributed by atoms with E-state index in [1.807, 2.05) is 31.2 Å². The number of aryl methyl sites for hydroxylation is 1. The summed E-state index contributed by atoms with van der Waals surface area (Å²) in [6, 6.07) is 7.59. The SMILES string of the molecule is Cc1ccccc1OCCCNC(=O)N1CCC(S(C)(=O)=O)C1. The molecule has 0 radical (unpaired) electrons. The number of nitrogens with zero attached hydrogens (tertiary/aromatic N) is 1. The molecular weight excluding hydrogens is 316 g/mol. The first-order chi connectivity index (χ1) is 10.9. The van der Waals surface area contributed by atoms with Crippen LogP contribution in [0.25, 0.3) is 0 Å². The number of carbonyl (C=O) groups excluding carboxylic acids is 1. The molecule has 2 rings (SSSR count). The molecule has 0 aromatic heterocycles. The van der Waals surface area contributed by atoms with Crippen LogP contribution in [-0.2, 0) is 9.84 Å². The third-order valence-corrected chi connectivity index (χ3v) is 5.58. The van der Waals surface area contributed by atoms with E-state index in [9.17, 15) is 13.2 Å². The average molecular weight is 340 g/mol. The lowest BCUT2D eigenvalue weighted by molar-refractivity contribution is 0.207. The molecule has 6 nitrogen and oxygen atoms in total. The zero-order valence-electron chi connectivity index (χ0n) is 13.6. The Balaban J connectivity index is 1.65. The Labute approximate surface area is 137 Å². The number of hydrogen-bond acceptors (Lipinski definition) is 4. The fourth-order valence-electron chi connectivity index (χ4n) is 2.54. The van der Waals surface area contributed by atoms with Crippen LogP contribution in [0.5, 0.6) is 5.75 Å². The second-order valence-electron chi connectivity index (χ2n) is 5.89. The Morgan fingerprint density at radius 1 is 1.39 bits per heavy atom. The number of amides is 2. The number of likely N-dealkylation sites (tertiary alicyclic amines) is 1. The molecule has 1 aromatic rings. The van der Waals surface area contributed by atoms with Gasteiger partial charge < -0.3 is 15.0 Å². The molecule has 1 fully saturated rings. The van der Waals surface area contributed by atoms with Gasteiger partial charge in [0.2, 0.25) is 0 Å². The lowest BCUT2D eigenvalue weighted by Gasteiger charge is -2.17. The standard InChI is InChI=1S/C16H24N2O4S/c1-13-6-3-4-7-15(13)22-11-5-9-17-16(19)18-10-8-14(12-18)23(2,20)21/h3-4,6-7,14H,5,8-12H2,1-2H3,(H,17,19). The molecule has 1 saturated heterocycles. The van der Waals surface area contributed by atoms with Gasteiger partial charge in [-0.25, -0.2) is 13.2 Å². The second-order valence-corrected chi connectivity index (χ2v) is 8.21. The second kappa shape index (κ2) is 7.68. The third-order valence-electron chi connectivity index (χ3n) is 3.99. The number of urea groups is 1. The molecule has 0 spiro atoms. The van der Waals surface area contributed by atoms with Crippen LogP contribution in [0.3, 0.4) is 0 Å². The first-order valence-corrected chi connectivity index (χ1v) is 9.73. The Morgan fingerprint density at radius 3 is 2.78 bits per heavy atom. The normalized spacial score (nSPS) is 18.0. The largest absolute Gasteiger partial charge is 0.493 e. The van der Waals surface area contributed by atoms with Crippen LogP contribution in [0.4, 0.5) is 4.79 Å². The van der Waals surface area contributed by atoms with Gasteiger partial charge in [0, 0.05) is 25.9 Å². The maximum absolute atomic E-state index is 12.0. The van der Waals surface area contributed by atoms with E-state index in [4.69, 9.17) is 4.74 Å². The zero-order chi connectivity index (χ0) is 16.9. The number of hydrogen-bond donors (Lipinski definition) is 1. The van der Waals surface area contributed by atoms with E-state index in [0.717, 1.165) is 11.3 Å². The monoisotopic (exact) mass is 340 g/mol. The smallest absolute Gasteiger partial charge is 0.317 e. The lowest BCUT2D eigenvalue weighted by Crippen LogP contribution is -2.40. The van der Waals surface area contributed by atoms with E-state index in [2.05, 4.69) is 5.32 Å². The van der Waals surface area contributed by atoms with E-state index in [-0.39, 0.29) is 12.6 Å². The van der Waals surface area contributed by atoms with Gasteiger partial charge in [0.05, 0.1) is 11.9 Å². The quantitative estimate of drug-likeness (QED) is 0.798. The molecule has 7 heteroatoms. The van der Waals surface area contributed by atoms with E-state index >= 15 is 0 Å². The minimum absolute atomic E-state index is 0.202. The van der Waals surface area contributed by atoms with Crippen molar-refractivity contribution in [3.63, 3.8) is 0 Å². The number of rotatable bonds is 6. The third kappa shape index (κ3) is 5.13. The molecule has 1 heterocycles. The number of carbonyl (C=O) groups is 1. The van der Waals surface area contributed by atoms with Gasteiger partial charge >= 0.3 is 6.03 Å². The molecule has 0 aliphatic carbocycles. The first kappa shape index (κ1) is 17.6. The summed E-state index contributed by atoms with van der Waals surface area (Å²) in [7, 11) is -3.07. The van der Waals surface area contributed by atoms with Gasteiger partial charge in [-0.2, -0.15) is 0 Å². The van der Waals surface area contributed by atoms with Crippen LogP contribution in [-0.4, -0.2) is 57.1 Å². The zero-order valence-corrected chi connectivity index (χ0v) is 14.4. The number of nitrogens with one attached hydrogen (secondary N) is 1. The number of sulfone groups is 1. The predicted octanol–water partition coefficient (Wildman–Crippen LogP) is 1.59. The van der Waals surface area contributed by atoms with Crippen molar-refractivity contribution in [1.82, 2.24) is 10.2 Å². The summed E-state index contributed by atoms with van der Waals surface area (Å²) >= 11 is 0. The van der Waals surface area contributed by atoms with E-state index in [1.165, 1.54) is 6.26 Å². The highest BCUT2D eigenvalue weighted by molar-refractivity contribution is 7.91. The van der Waals surface area contributed by atoms with Crippen LogP contribution in [0, 0.1) is 6.92 Å². The van der Waals surface area contributed by atoms with E-state index in [0.29, 0.717) is 32.5 Å². The van der Waals surface area contributed by atoms with Crippen molar-refractivity contribution in [3.8, 4) is 5.75 Å². The molecule has 1 unspecified atom stereocenters. The maximum Gasteiger partial charge on any atom is 0.317 e. The summed E-state index contributed by atoms with van der Waals surface area (Å²) in [5.74, 6) is 0.856. The molecule has 1 atom stereocenters. The Hall–Kier alpha value is -1.76. The summed E-state index contributed by atoms with van der Waals surface area (Å²) in [6.45, 7) is 3.79. The van der Waals surface area contributed by atoms with Gasteiger partial charge in [-0.1, -0.05) is 18.2 Å². The minimum atomic E-state index is -3.07. The number of benzene rings is 1. The maximum atomic E-state index is 12.0. The highest BCUT2D eigenvalue weighted by atomic mass is 32.2. The van der Waals surface area contributed by atoms with Gasteiger partial charge in [0.25, 0.3) is 0 Å². The Bertz CT molecular complexity index is 645. The molecule has 1 aliphatic rings.